The minimum absolute atomic E-state index is 0.106. The highest BCUT2D eigenvalue weighted by Crippen LogP contribution is 2.38. The SMILES string of the molecule is CCN1CCc2c(sc(NC(=O)C3CCCN3S(=O)(=O)c3ccc(OC)cc3)c2C(=O)OC)C1. The third-order valence-electron chi connectivity index (χ3n) is 6.38. The fourth-order valence-electron chi connectivity index (χ4n) is 4.50. The molecule has 1 unspecified atom stereocenters. The Hall–Kier alpha value is -2.47. The molecule has 0 saturated carbocycles. The first-order valence-electron chi connectivity index (χ1n) is 11.2. The van der Waals surface area contributed by atoms with Crippen LogP contribution >= 0.6 is 11.3 Å². The van der Waals surface area contributed by atoms with Crippen molar-refractivity contribution >= 4 is 38.2 Å². The van der Waals surface area contributed by atoms with Crippen LogP contribution in [0.5, 0.6) is 5.75 Å². The number of sulfonamides is 1. The molecule has 1 N–H and O–H groups in total. The molecule has 1 amide bonds. The number of rotatable bonds is 7. The molecule has 184 valence electrons. The van der Waals surface area contributed by atoms with Crippen molar-refractivity contribution in [3.63, 3.8) is 0 Å². The molecule has 1 atom stereocenters. The van der Waals surface area contributed by atoms with Crippen LogP contribution in [0.25, 0.3) is 0 Å². The van der Waals surface area contributed by atoms with Crippen LogP contribution in [0, 0.1) is 0 Å². The van der Waals surface area contributed by atoms with Crippen LogP contribution in [-0.4, -0.2) is 69.4 Å². The second kappa shape index (κ2) is 10.0. The second-order valence-electron chi connectivity index (χ2n) is 8.26. The lowest BCUT2D eigenvalue weighted by Crippen LogP contribution is -2.43. The standard InChI is InChI=1S/C23H29N3O6S2/c1-4-25-13-11-17-19(14-25)33-22(20(17)23(28)32-3)24-21(27)18-6-5-12-26(18)34(29,30)16-9-7-15(31-2)8-10-16/h7-10,18H,4-6,11-14H2,1-3H3,(H,24,27). The Morgan fingerprint density at radius 1 is 1.18 bits per heavy atom. The number of carbonyl (C=O) groups is 2. The molecule has 1 aromatic carbocycles. The lowest BCUT2D eigenvalue weighted by atomic mass is 10.0. The van der Waals surface area contributed by atoms with Gasteiger partial charge in [-0.05, 0) is 55.6 Å². The molecular weight excluding hydrogens is 478 g/mol. The Balaban J connectivity index is 1.59. The number of fused-ring (bicyclic) bond motifs is 1. The van der Waals surface area contributed by atoms with Crippen molar-refractivity contribution in [1.82, 2.24) is 9.21 Å². The molecule has 2 aromatic rings. The number of nitrogens with one attached hydrogen (secondary N) is 1. The zero-order valence-electron chi connectivity index (χ0n) is 19.5. The summed E-state index contributed by atoms with van der Waals surface area (Å²) in [5.74, 6) is -0.383. The molecule has 9 nitrogen and oxygen atoms in total. The molecule has 0 spiro atoms. The molecule has 34 heavy (non-hydrogen) atoms. The number of likely N-dealkylation sites (N-methyl/N-ethyl adjacent to an activating group) is 1. The van der Waals surface area contributed by atoms with E-state index in [1.54, 1.807) is 12.1 Å². The van der Waals surface area contributed by atoms with Crippen LogP contribution in [0.3, 0.4) is 0 Å². The van der Waals surface area contributed by atoms with Crippen molar-refractivity contribution < 1.29 is 27.5 Å². The smallest absolute Gasteiger partial charge is 0.341 e. The van der Waals surface area contributed by atoms with Crippen molar-refractivity contribution in [3.05, 3.63) is 40.3 Å². The van der Waals surface area contributed by atoms with Gasteiger partial charge in [-0.2, -0.15) is 4.31 Å². The van der Waals surface area contributed by atoms with E-state index in [1.165, 1.54) is 42.0 Å². The first kappa shape index (κ1) is 24.6. The highest BCUT2D eigenvalue weighted by atomic mass is 32.2. The van der Waals surface area contributed by atoms with Crippen LogP contribution in [-0.2, 0) is 32.5 Å². The number of benzene rings is 1. The molecule has 4 rings (SSSR count). The Bertz CT molecular complexity index is 1180. The average Bonchev–Trinajstić information content (AvgIpc) is 3.48. The minimum Gasteiger partial charge on any atom is -0.497 e. The van der Waals surface area contributed by atoms with E-state index in [0.29, 0.717) is 42.1 Å². The van der Waals surface area contributed by atoms with Crippen molar-refractivity contribution in [3.8, 4) is 5.75 Å². The van der Waals surface area contributed by atoms with Gasteiger partial charge in [-0.15, -0.1) is 11.3 Å². The van der Waals surface area contributed by atoms with E-state index < -0.39 is 27.9 Å². The zero-order chi connectivity index (χ0) is 24.5. The number of anilines is 1. The first-order chi connectivity index (χ1) is 16.3. The average molecular weight is 508 g/mol. The van der Waals surface area contributed by atoms with Gasteiger partial charge in [0.05, 0.1) is 24.7 Å². The third kappa shape index (κ3) is 4.57. The molecule has 0 bridgehead atoms. The number of ether oxygens (including phenoxy) is 2. The quantitative estimate of drug-likeness (QED) is 0.575. The molecule has 11 heteroatoms. The largest absolute Gasteiger partial charge is 0.497 e. The van der Waals surface area contributed by atoms with Gasteiger partial charge in [0, 0.05) is 24.5 Å². The first-order valence-corrected chi connectivity index (χ1v) is 13.5. The summed E-state index contributed by atoms with van der Waals surface area (Å²) in [5, 5.41) is 3.29. The summed E-state index contributed by atoms with van der Waals surface area (Å²) in [4.78, 5) is 29.3. The predicted octanol–water partition coefficient (Wildman–Crippen LogP) is 2.71. The Labute approximate surface area is 203 Å². The maximum atomic E-state index is 13.3. The second-order valence-corrected chi connectivity index (χ2v) is 11.3. The molecule has 1 saturated heterocycles. The summed E-state index contributed by atoms with van der Waals surface area (Å²) in [6.45, 7) is 4.77. The highest BCUT2D eigenvalue weighted by molar-refractivity contribution is 7.89. The molecule has 1 fully saturated rings. The van der Waals surface area contributed by atoms with Gasteiger partial charge >= 0.3 is 5.97 Å². The van der Waals surface area contributed by atoms with Crippen LogP contribution < -0.4 is 10.1 Å². The van der Waals surface area contributed by atoms with Gasteiger partial charge in [-0.1, -0.05) is 6.92 Å². The van der Waals surface area contributed by atoms with Crippen molar-refractivity contribution in [2.24, 2.45) is 0 Å². The van der Waals surface area contributed by atoms with Gasteiger partial charge in [0.1, 0.15) is 16.8 Å². The number of hydrogen-bond acceptors (Lipinski definition) is 8. The summed E-state index contributed by atoms with van der Waals surface area (Å²) in [7, 11) is -1.04. The monoisotopic (exact) mass is 507 g/mol. The molecule has 2 aliphatic rings. The van der Waals surface area contributed by atoms with Crippen molar-refractivity contribution in [1.29, 1.82) is 0 Å². The van der Waals surface area contributed by atoms with Gasteiger partial charge in [0.25, 0.3) is 0 Å². The summed E-state index contributed by atoms with van der Waals surface area (Å²) in [5.41, 5.74) is 1.29. The molecule has 0 radical (unpaired) electrons. The number of amides is 1. The van der Waals surface area contributed by atoms with E-state index >= 15 is 0 Å². The van der Waals surface area contributed by atoms with Crippen LogP contribution in [0.1, 0.15) is 40.6 Å². The topological polar surface area (TPSA) is 105 Å². The van der Waals surface area contributed by atoms with E-state index in [-0.39, 0.29) is 11.4 Å². The Kier molecular flexibility index (Phi) is 7.27. The minimum atomic E-state index is -3.87. The lowest BCUT2D eigenvalue weighted by molar-refractivity contribution is -0.119. The van der Waals surface area contributed by atoms with Crippen molar-refractivity contribution in [2.75, 3.05) is 39.2 Å². The fraction of sp³-hybridized carbons (Fsp3) is 0.478. The van der Waals surface area contributed by atoms with E-state index in [2.05, 4.69) is 17.1 Å². The van der Waals surface area contributed by atoms with Gasteiger partial charge in [-0.25, -0.2) is 13.2 Å². The van der Waals surface area contributed by atoms with Gasteiger partial charge in [0.15, 0.2) is 0 Å². The normalized spacial score (nSPS) is 19.0. The van der Waals surface area contributed by atoms with Gasteiger partial charge < -0.3 is 14.8 Å². The summed E-state index contributed by atoms with van der Waals surface area (Å²) >= 11 is 1.36. The van der Waals surface area contributed by atoms with Crippen LogP contribution in [0.4, 0.5) is 5.00 Å². The van der Waals surface area contributed by atoms with Gasteiger partial charge in [0.2, 0.25) is 15.9 Å². The molecule has 0 aliphatic carbocycles. The Morgan fingerprint density at radius 2 is 1.91 bits per heavy atom. The van der Waals surface area contributed by atoms with Crippen LogP contribution in [0.15, 0.2) is 29.2 Å². The van der Waals surface area contributed by atoms with E-state index in [9.17, 15) is 18.0 Å². The number of nitrogens with zero attached hydrogens (tertiary/aromatic N) is 2. The number of carbonyl (C=O) groups excluding carboxylic acids is 2. The maximum Gasteiger partial charge on any atom is 0.341 e. The maximum absolute atomic E-state index is 13.3. The molecule has 2 aliphatic heterocycles. The fourth-order valence-corrected chi connectivity index (χ4v) is 7.44. The number of hydrogen-bond donors (Lipinski definition) is 1. The highest BCUT2D eigenvalue weighted by Gasteiger charge is 2.40. The van der Waals surface area contributed by atoms with E-state index in [4.69, 9.17) is 9.47 Å². The number of methoxy groups -OCH3 is 2. The zero-order valence-corrected chi connectivity index (χ0v) is 21.1. The molecule has 1 aromatic heterocycles. The molecule has 3 heterocycles. The summed E-state index contributed by atoms with van der Waals surface area (Å²) < 4.78 is 37.9. The lowest BCUT2D eigenvalue weighted by Gasteiger charge is -2.25. The van der Waals surface area contributed by atoms with Gasteiger partial charge in [-0.3, -0.25) is 9.69 Å². The van der Waals surface area contributed by atoms with Crippen molar-refractivity contribution in [2.45, 2.75) is 43.7 Å². The van der Waals surface area contributed by atoms with Crippen LogP contribution in [0.2, 0.25) is 0 Å². The number of thiophene rings is 1. The third-order valence-corrected chi connectivity index (χ3v) is 9.44. The van der Waals surface area contributed by atoms with E-state index in [1.807, 2.05) is 0 Å². The number of esters is 1. The summed E-state index contributed by atoms with van der Waals surface area (Å²) in [6.07, 6.45) is 1.68. The molecular formula is C23H29N3O6S2. The Morgan fingerprint density at radius 3 is 2.56 bits per heavy atom. The van der Waals surface area contributed by atoms with E-state index in [0.717, 1.165) is 23.5 Å². The predicted molar refractivity (Wildman–Crippen MR) is 129 cm³/mol. The summed E-state index contributed by atoms with van der Waals surface area (Å²) in [6, 6.07) is 5.25.